The third-order valence-corrected chi connectivity index (χ3v) is 4.56. The Kier molecular flexibility index (Phi) is 3.26. The molecule has 22 heavy (non-hydrogen) atoms. The summed E-state index contributed by atoms with van der Waals surface area (Å²) in [6.45, 7) is 0. The number of carbonyl (C=O) groups excluding carboxylic acids is 1. The summed E-state index contributed by atoms with van der Waals surface area (Å²) in [6.07, 6.45) is 7.83. The molecule has 1 aliphatic heterocycles. The van der Waals surface area contributed by atoms with Gasteiger partial charge in [-0.1, -0.05) is 0 Å². The van der Waals surface area contributed by atoms with Crippen LogP contribution in [0.1, 0.15) is 28.8 Å². The monoisotopic (exact) mass is 312 g/mol. The van der Waals surface area contributed by atoms with Crippen LogP contribution >= 0.6 is 11.8 Å². The highest BCUT2D eigenvalue weighted by molar-refractivity contribution is 7.97. The Morgan fingerprint density at radius 3 is 2.86 bits per heavy atom. The van der Waals surface area contributed by atoms with Crippen LogP contribution in [0.2, 0.25) is 0 Å². The van der Waals surface area contributed by atoms with E-state index in [0.717, 1.165) is 41.5 Å². The highest BCUT2D eigenvalue weighted by Crippen LogP contribution is 2.44. The van der Waals surface area contributed by atoms with E-state index in [4.69, 9.17) is 0 Å². The van der Waals surface area contributed by atoms with Crippen molar-refractivity contribution < 1.29 is 4.79 Å². The molecule has 4 rings (SSSR count). The lowest BCUT2D eigenvalue weighted by atomic mass is 10.2. The fourth-order valence-electron chi connectivity index (χ4n) is 2.81. The summed E-state index contributed by atoms with van der Waals surface area (Å²) in [7, 11) is 0. The van der Waals surface area contributed by atoms with Crippen LogP contribution < -0.4 is 10.2 Å². The van der Waals surface area contributed by atoms with Crippen molar-refractivity contribution in [2.75, 3.05) is 16.5 Å². The van der Waals surface area contributed by atoms with Crippen LogP contribution in [0.3, 0.4) is 0 Å². The Morgan fingerprint density at radius 1 is 1.27 bits per heavy atom. The van der Waals surface area contributed by atoms with Gasteiger partial charge in [0.25, 0.3) is 5.91 Å². The van der Waals surface area contributed by atoms with Gasteiger partial charge >= 0.3 is 0 Å². The number of hydrogen-bond donors (Lipinski definition) is 1. The molecule has 0 atom stereocenters. The van der Waals surface area contributed by atoms with Crippen molar-refractivity contribution in [1.82, 2.24) is 9.97 Å². The summed E-state index contributed by atoms with van der Waals surface area (Å²) in [6, 6.07) is 5.99. The van der Waals surface area contributed by atoms with Crippen LogP contribution in [0.4, 0.5) is 17.3 Å². The van der Waals surface area contributed by atoms with Gasteiger partial charge in [-0.2, -0.15) is 11.8 Å². The minimum absolute atomic E-state index is 0.108. The molecule has 0 bridgehead atoms. The summed E-state index contributed by atoms with van der Waals surface area (Å²) in [5, 5.41) is 3.05. The average molecular weight is 312 g/mol. The van der Waals surface area contributed by atoms with Crippen molar-refractivity contribution in [1.29, 1.82) is 0 Å². The Labute approximate surface area is 133 Å². The molecule has 6 heteroatoms. The molecule has 0 spiro atoms. The lowest BCUT2D eigenvalue weighted by Gasteiger charge is -2.24. The predicted octanol–water partition coefficient (Wildman–Crippen LogP) is 3.21. The molecule has 0 aromatic carbocycles. The van der Waals surface area contributed by atoms with Crippen LogP contribution in [0.5, 0.6) is 0 Å². The molecular formula is C16H16N4OS. The van der Waals surface area contributed by atoms with E-state index in [2.05, 4.69) is 26.4 Å². The second kappa shape index (κ2) is 5.28. The molecule has 1 saturated carbocycles. The quantitative estimate of drug-likeness (QED) is 0.943. The minimum atomic E-state index is -0.108. The zero-order chi connectivity index (χ0) is 15.1. The number of hydrogen-bond acceptors (Lipinski definition) is 5. The standard InChI is InChI=1S/C16H16N4OS/c1-22-9-10-6-8-18-15-13(10)19-16(21)12-3-2-7-17-14(12)20(15)11-4-5-11/h2-3,6-8,11H,4-5,9H2,1H3,(H,19,21). The second-order valence-corrected chi connectivity index (χ2v) is 6.40. The summed E-state index contributed by atoms with van der Waals surface area (Å²) in [4.78, 5) is 23.8. The van der Waals surface area contributed by atoms with Crippen molar-refractivity contribution in [3.63, 3.8) is 0 Å². The van der Waals surface area contributed by atoms with Gasteiger partial charge in [0.15, 0.2) is 5.82 Å². The average Bonchev–Trinajstić information content (AvgIpc) is 3.35. The van der Waals surface area contributed by atoms with Crippen LogP contribution in [0, 0.1) is 0 Å². The maximum Gasteiger partial charge on any atom is 0.259 e. The molecule has 2 aromatic heterocycles. The molecule has 112 valence electrons. The van der Waals surface area contributed by atoms with Crippen molar-refractivity contribution in [2.45, 2.75) is 24.6 Å². The largest absolute Gasteiger partial charge is 0.318 e. The number of aromatic nitrogens is 2. The maximum atomic E-state index is 12.6. The van der Waals surface area contributed by atoms with Gasteiger partial charge in [-0.25, -0.2) is 9.97 Å². The van der Waals surface area contributed by atoms with E-state index >= 15 is 0 Å². The lowest BCUT2D eigenvalue weighted by Crippen LogP contribution is -2.22. The number of anilines is 3. The van der Waals surface area contributed by atoms with E-state index in [0.29, 0.717) is 11.6 Å². The van der Waals surface area contributed by atoms with Crippen LogP contribution in [0.25, 0.3) is 0 Å². The van der Waals surface area contributed by atoms with E-state index in [1.807, 2.05) is 18.3 Å². The van der Waals surface area contributed by atoms with Gasteiger partial charge < -0.3 is 10.2 Å². The fourth-order valence-corrected chi connectivity index (χ4v) is 3.36. The first-order valence-electron chi connectivity index (χ1n) is 7.32. The van der Waals surface area contributed by atoms with Crippen molar-refractivity contribution in [3.8, 4) is 0 Å². The van der Waals surface area contributed by atoms with Crippen LogP contribution in [0.15, 0.2) is 30.6 Å². The topological polar surface area (TPSA) is 58.1 Å². The molecule has 2 aliphatic rings. The molecule has 0 unspecified atom stereocenters. The highest BCUT2D eigenvalue weighted by atomic mass is 32.2. The first-order valence-corrected chi connectivity index (χ1v) is 8.71. The Morgan fingerprint density at radius 2 is 2.09 bits per heavy atom. The minimum Gasteiger partial charge on any atom is -0.318 e. The molecule has 1 aliphatic carbocycles. The molecule has 1 amide bonds. The van der Waals surface area contributed by atoms with Crippen LogP contribution in [-0.2, 0) is 5.75 Å². The first kappa shape index (κ1) is 13.6. The predicted molar refractivity (Wildman–Crippen MR) is 88.8 cm³/mol. The zero-order valence-electron chi connectivity index (χ0n) is 12.2. The van der Waals surface area contributed by atoms with E-state index in [1.54, 1.807) is 24.0 Å². The summed E-state index contributed by atoms with van der Waals surface area (Å²) in [5.41, 5.74) is 2.54. The lowest BCUT2D eigenvalue weighted by molar-refractivity contribution is 0.102. The van der Waals surface area contributed by atoms with Gasteiger partial charge in [0.1, 0.15) is 5.82 Å². The van der Waals surface area contributed by atoms with E-state index in [-0.39, 0.29) is 5.91 Å². The molecule has 0 saturated heterocycles. The Bertz CT molecular complexity index is 745. The number of carbonyl (C=O) groups is 1. The van der Waals surface area contributed by atoms with Gasteiger partial charge in [-0.05, 0) is 42.9 Å². The number of rotatable bonds is 3. The zero-order valence-corrected chi connectivity index (χ0v) is 13.1. The Balaban J connectivity index is 1.94. The maximum absolute atomic E-state index is 12.6. The second-order valence-electron chi connectivity index (χ2n) is 5.53. The smallest absolute Gasteiger partial charge is 0.259 e. The van der Waals surface area contributed by atoms with Gasteiger partial charge in [0.05, 0.1) is 11.3 Å². The fraction of sp³-hybridized carbons (Fsp3) is 0.312. The van der Waals surface area contributed by atoms with Gasteiger partial charge in [0.2, 0.25) is 0 Å². The molecule has 5 nitrogen and oxygen atoms in total. The third kappa shape index (κ3) is 2.14. The number of nitrogens with zero attached hydrogens (tertiary/aromatic N) is 3. The normalized spacial score (nSPS) is 16.6. The highest BCUT2D eigenvalue weighted by Gasteiger charge is 2.38. The molecule has 1 fully saturated rings. The van der Waals surface area contributed by atoms with E-state index in [9.17, 15) is 4.79 Å². The number of nitrogens with one attached hydrogen (secondary N) is 1. The van der Waals surface area contributed by atoms with Crippen molar-refractivity contribution in [3.05, 3.63) is 41.7 Å². The Hall–Kier alpha value is -2.08. The first-order chi connectivity index (χ1) is 10.8. The van der Waals surface area contributed by atoms with Crippen LogP contribution in [-0.4, -0.2) is 28.2 Å². The molecule has 0 radical (unpaired) electrons. The summed E-state index contributed by atoms with van der Waals surface area (Å²) < 4.78 is 0. The van der Waals surface area contributed by atoms with E-state index < -0.39 is 0 Å². The summed E-state index contributed by atoms with van der Waals surface area (Å²) in [5.74, 6) is 2.27. The molecular weight excluding hydrogens is 296 g/mol. The van der Waals surface area contributed by atoms with E-state index in [1.165, 1.54) is 0 Å². The van der Waals surface area contributed by atoms with Gasteiger partial charge in [-0.15, -0.1) is 0 Å². The van der Waals surface area contributed by atoms with Gasteiger partial charge in [0, 0.05) is 24.2 Å². The molecule has 3 heterocycles. The molecule has 1 N–H and O–H groups in total. The van der Waals surface area contributed by atoms with Gasteiger partial charge in [-0.3, -0.25) is 4.79 Å². The number of amides is 1. The number of pyridine rings is 2. The SMILES string of the molecule is CSCc1ccnc2c1NC(=O)c1cccnc1N2C1CC1. The van der Waals surface area contributed by atoms with Crippen molar-refractivity contribution in [2.24, 2.45) is 0 Å². The number of thioether (sulfide) groups is 1. The third-order valence-electron chi connectivity index (χ3n) is 3.96. The van der Waals surface area contributed by atoms with Crippen molar-refractivity contribution >= 4 is 35.0 Å². The molecule has 2 aromatic rings. The summed E-state index contributed by atoms with van der Waals surface area (Å²) >= 11 is 1.73. The number of fused-ring (bicyclic) bond motifs is 2.